The van der Waals surface area contributed by atoms with Gasteiger partial charge in [-0.15, -0.1) is 0 Å². The molecule has 0 bridgehead atoms. The minimum atomic E-state index is -1.20. The Labute approximate surface area is 181 Å². The molecule has 6 heteroatoms. The third kappa shape index (κ3) is 6.30. The van der Waals surface area contributed by atoms with Gasteiger partial charge in [-0.25, -0.2) is 0 Å². The van der Waals surface area contributed by atoms with E-state index in [2.05, 4.69) is 13.8 Å². The van der Waals surface area contributed by atoms with Crippen molar-refractivity contribution in [3.63, 3.8) is 0 Å². The molecule has 1 heterocycles. The second kappa shape index (κ2) is 12.5. The Morgan fingerprint density at radius 1 is 1.10 bits per heavy atom. The minimum Gasteiger partial charge on any atom is -0.468 e. The second-order valence-electron chi connectivity index (χ2n) is 8.56. The Morgan fingerprint density at radius 2 is 1.83 bits per heavy atom. The number of esters is 2. The first-order valence-corrected chi connectivity index (χ1v) is 11.7. The van der Waals surface area contributed by atoms with Crippen molar-refractivity contribution in [1.29, 1.82) is 0 Å². The van der Waals surface area contributed by atoms with Crippen molar-refractivity contribution in [1.82, 2.24) is 0 Å². The molecule has 4 unspecified atom stereocenters. The summed E-state index contributed by atoms with van der Waals surface area (Å²) in [7, 11) is 2.61. The number of hydrogen-bond acceptors (Lipinski definition) is 6. The molecule has 1 aliphatic heterocycles. The van der Waals surface area contributed by atoms with Gasteiger partial charge in [0.1, 0.15) is 0 Å². The van der Waals surface area contributed by atoms with Gasteiger partial charge in [0.25, 0.3) is 0 Å². The Morgan fingerprint density at radius 3 is 2.40 bits per heavy atom. The number of unbranched alkanes of at least 4 members (excludes halogenated alkanes) is 3. The molecule has 0 radical (unpaired) electrons. The highest BCUT2D eigenvalue weighted by atomic mass is 16.7. The third-order valence-electron chi connectivity index (χ3n) is 6.51. The molecule has 0 aromatic heterocycles. The van der Waals surface area contributed by atoms with E-state index in [1.165, 1.54) is 39.9 Å². The summed E-state index contributed by atoms with van der Waals surface area (Å²) in [5.74, 6) is -0.881. The highest BCUT2D eigenvalue weighted by Crippen LogP contribution is 2.55. The molecule has 0 N–H and O–H groups in total. The van der Waals surface area contributed by atoms with Crippen LogP contribution >= 0.6 is 0 Å². The average molecular weight is 425 g/mol. The summed E-state index contributed by atoms with van der Waals surface area (Å²) in [5.41, 5.74) is -1.20. The van der Waals surface area contributed by atoms with Crippen molar-refractivity contribution >= 4 is 11.9 Å². The van der Waals surface area contributed by atoms with E-state index >= 15 is 0 Å². The summed E-state index contributed by atoms with van der Waals surface area (Å²) < 4.78 is 22.0. The standard InChI is InChI=1S/C24H40O6/c1-5-7-8-9-12-18(6-2)20(30-21-13-10-11-16-29-21)15-14-19-17-24(19,22(25)27-3)23(26)28-4/h14-15,18-21H,5-13,16-17H2,1-4H3. The van der Waals surface area contributed by atoms with Crippen LogP contribution in [0.15, 0.2) is 12.2 Å². The molecule has 2 aliphatic rings. The fraction of sp³-hybridized carbons (Fsp3) is 0.833. The summed E-state index contributed by atoms with van der Waals surface area (Å²) in [6.45, 7) is 5.16. The van der Waals surface area contributed by atoms with Crippen molar-refractivity contribution in [2.75, 3.05) is 20.8 Å². The van der Waals surface area contributed by atoms with Crippen molar-refractivity contribution in [2.45, 2.75) is 90.4 Å². The van der Waals surface area contributed by atoms with Gasteiger partial charge in [-0.05, 0) is 38.0 Å². The Kier molecular flexibility index (Phi) is 10.3. The van der Waals surface area contributed by atoms with Crippen LogP contribution in [0.3, 0.4) is 0 Å². The first-order valence-electron chi connectivity index (χ1n) is 11.7. The molecule has 4 atom stereocenters. The van der Waals surface area contributed by atoms with Crippen molar-refractivity contribution in [3.8, 4) is 0 Å². The first kappa shape index (κ1) is 24.9. The summed E-state index contributed by atoms with van der Waals surface area (Å²) in [4.78, 5) is 24.5. The van der Waals surface area contributed by atoms with Gasteiger partial charge < -0.3 is 18.9 Å². The average Bonchev–Trinajstić information content (AvgIpc) is 3.52. The van der Waals surface area contributed by atoms with Crippen LogP contribution in [-0.2, 0) is 28.5 Å². The number of ether oxygens (including phenoxy) is 4. The van der Waals surface area contributed by atoms with E-state index in [9.17, 15) is 9.59 Å². The van der Waals surface area contributed by atoms with E-state index in [1.807, 2.05) is 12.2 Å². The quantitative estimate of drug-likeness (QED) is 0.183. The maximum Gasteiger partial charge on any atom is 0.323 e. The van der Waals surface area contributed by atoms with Crippen LogP contribution in [-0.4, -0.2) is 45.2 Å². The molecule has 6 nitrogen and oxygen atoms in total. The number of methoxy groups -OCH3 is 2. The van der Waals surface area contributed by atoms with Gasteiger partial charge >= 0.3 is 11.9 Å². The van der Waals surface area contributed by atoms with Gasteiger partial charge in [0.05, 0.1) is 20.3 Å². The Balaban J connectivity index is 2.08. The maximum absolute atomic E-state index is 12.3. The van der Waals surface area contributed by atoms with Crippen LogP contribution in [0.1, 0.15) is 78.1 Å². The maximum atomic E-state index is 12.3. The van der Waals surface area contributed by atoms with Gasteiger partial charge in [0, 0.05) is 12.5 Å². The molecular formula is C24H40O6. The van der Waals surface area contributed by atoms with E-state index in [0.29, 0.717) is 12.3 Å². The summed E-state index contributed by atoms with van der Waals surface area (Å²) in [6.07, 6.45) is 14.3. The van der Waals surface area contributed by atoms with Gasteiger partial charge in [-0.3, -0.25) is 9.59 Å². The van der Waals surface area contributed by atoms with Crippen LogP contribution in [0.25, 0.3) is 0 Å². The molecule has 0 aromatic carbocycles. The van der Waals surface area contributed by atoms with Crippen molar-refractivity contribution in [2.24, 2.45) is 17.3 Å². The smallest absolute Gasteiger partial charge is 0.323 e. The van der Waals surface area contributed by atoms with E-state index in [4.69, 9.17) is 18.9 Å². The molecule has 1 saturated heterocycles. The Bertz CT molecular complexity index is 550. The highest BCUT2D eigenvalue weighted by Gasteiger charge is 2.66. The summed E-state index contributed by atoms with van der Waals surface area (Å²) in [6, 6.07) is 0. The molecule has 2 fully saturated rings. The minimum absolute atomic E-state index is 0.0895. The lowest BCUT2D eigenvalue weighted by Gasteiger charge is -2.31. The fourth-order valence-corrected chi connectivity index (χ4v) is 4.42. The SMILES string of the molecule is CCCCCCC(CC)C(C=CC1CC1(C(=O)OC)C(=O)OC)OC1CCCCO1. The summed E-state index contributed by atoms with van der Waals surface area (Å²) >= 11 is 0. The third-order valence-corrected chi connectivity index (χ3v) is 6.51. The second-order valence-corrected chi connectivity index (χ2v) is 8.56. The van der Waals surface area contributed by atoms with Gasteiger partial charge in [0.2, 0.25) is 0 Å². The predicted octanol–water partition coefficient (Wildman–Crippen LogP) is 4.80. The molecule has 0 spiro atoms. The normalized spacial score (nSPS) is 24.9. The van der Waals surface area contributed by atoms with Gasteiger partial charge in [-0.1, -0.05) is 58.1 Å². The number of rotatable bonds is 13. The molecular weight excluding hydrogens is 384 g/mol. The van der Waals surface area contributed by atoms with E-state index in [1.54, 1.807) is 0 Å². The van der Waals surface area contributed by atoms with Crippen molar-refractivity contribution < 1.29 is 28.5 Å². The van der Waals surface area contributed by atoms with Gasteiger partial charge in [0.15, 0.2) is 11.7 Å². The largest absolute Gasteiger partial charge is 0.468 e. The molecule has 0 amide bonds. The van der Waals surface area contributed by atoms with Crippen molar-refractivity contribution in [3.05, 3.63) is 12.2 Å². The lowest BCUT2D eigenvalue weighted by molar-refractivity contribution is -0.188. The molecule has 1 aliphatic carbocycles. The molecule has 30 heavy (non-hydrogen) atoms. The van der Waals surface area contributed by atoms with E-state index in [0.717, 1.165) is 38.7 Å². The van der Waals surface area contributed by atoms with Crippen LogP contribution in [0.5, 0.6) is 0 Å². The molecule has 0 aromatic rings. The monoisotopic (exact) mass is 424 g/mol. The summed E-state index contributed by atoms with van der Waals surface area (Å²) in [5, 5.41) is 0. The zero-order chi connectivity index (χ0) is 22.0. The number of carbonyl (C=O) groups is 2. The van der Waals surface area contributed by atoms with Crippen LogP contribution < -0.4 is 0 Å². The number of hydrogen-bond donors (Lipinski definition) is 0. The Hall–Kier alpha value is -1.40. The van der Waals surface area contributed by atoms with Crippen LogP contribution in [0.4, 0.5) is 0 Å². The molecule has 2 rings (SSSR count). The lowest BCUT2D eigenvalue weighted by atomic mass is 9.91. The van der Waals surface area contributed by atoms with E-state index < -0.39 is 17.4 Å². The van der Waals surface area contributed by atoms with E-state index in [-0.39, 0.29) is 18.3 Å². The molecule has 172 valence electrons. The predicted molar refractivity (Wildman–Crippen MR) is 115 cm³/mol. The fourth-order valence-electron chi connectivity index (χ4n) is 4.42. The van der Waals surface area contributed by atoms with Gasteiger partial charge in [-0.2, -0.15) is 0 Å². The lowest BCUT2D eigenvalue weighted by Crippen LogP contribution is -2.32. The van der Waals surface area contributed by atoms with Crippen LogP contribution in [0, 0.1) is 17.3 Å². The number of allylic oxidation sites excluding steroid dienone is 1. The van der Waals surface area contributed by atoms with Crippen LogP contribution in [0.2, 0.25) is 0 Å². The highest BCUT2D eigenvalue weighted by molar-refractivity contribution is 6.04. The molecule has 1 saturated carbocycles. The number of carbonyl (C=O) groups excluding carboxylic acids is 2. The zero-order valence-electron chi connectivity index (χ0n) is 19.2. The topological polar surface area (TPSA) is 71.1 Å². The first-order chi connectivity index (χ1) is 14.5. The zero-order valence-corrected chi connectivity index (χ0v) is 19.2.